The van der Waals surface area contributed by atoms with E-state index in [1.807, 2.05) is 0 Å². The van der Waals surface area contributed by atoms with Crippen LogP contribution in [-0.4, -0.2) is 37.2 Å². The molecule has 3 nitrogen and oxygen atoms in total. The first-order valence-corrected chi connectivity index (χ1v) is 7.26. The van der Waals surface area contributed by atoms with E-state index < -0.39 is 0 Å². The normalized spacial score (nSPS) is 16.9. The predicted molar refractivity (Wildman–Crippen MR) is 79.8 cm³/mol. The zero-order valence-electron chi connectivity index (χ0n) is 12.6. The quantitative estimate of drug-likeness (QED) is 0.902. The Labute approximate surface area is 116 Å². The highest BCUT2D eigenvalue weighted by molar-refractivity contribution is 5.41. The van der Waals surface area contributed by atoms with E-state index in [9.17, 15) is 0 Å². The van der Waals surface area contributed by atoms with E-state index in [0.717, 1.165) is 38.5 Å². The van der Waals surface area contributed by atoms with Crippen LogP contribution in [0.3, 0.4) is 0 Å². The van der Waals surface area contributed by atoms with Gasteiger partial charge < -0.3 is 10.1 Å². The highest BCUT2D eigenvalue weighted by Crippen LogP contribution is 2.24. The lowest BCUT2D eigenvalue weighted by Gasteiger charge is -2.28. The van der Waals surface area contributed by atoms with Crippen LogP contribution >= 0.6 is 0 Å². The van der Waals surface area contributed by atoms with Crippen LogP contribution in [0.25, 0.3) is 0 Å². The van der Waals surface area contributed by atoms with Gasteiger partial charge in [-0.05, 0) is 50.5 Å². The number of nitrogens with zero attached hydrogens (tertiary/aromatic N) is 1. The van der Waals surface area contributed by atoms with E-state index in [2.05, 4.69) is 50.0 Å². The second-order valence-corrected chi connectivity index (χ2v) is 5.74. The highest BCUT2D eigenvalue weighted by Gasteiger charge is 2.13. The van der Waals surface area contributed by atoms with Crippen molar-refractivity contribution >= 4 is 0 Å². The van der Waals surface area contributed by atoms with Gasteiger partial charge in [0.05, 0.1) is 6.10 Å². The zero-order valence-corrected chi connectivity index (χ0v) is 12.6. The van der Waals surface area contributed by atoms with Crippen LogP contribution in [-0.2, 0) is 6.54 Å². The van der Waals surface area contributed by atoms with Gasteiger partial charge >= 0.3 is 0 Å². The smallest absolute Gasteiger partial charge is 0.122 e. The summed E-state index contributed by atoms with van der Waals surface area (Å²) in [5, 5.41) is 3.40. The van der Waals surface area contributed by atoms with Gasteiger partial charge in [-0.3, -0.25) is 4.90 Å². The van der Waals surface area contributed by atoms with E-state index >= 15 is 0 Å². The largest absolute Gasteiger partial charge is 0.491 e. The second kappa shape index (κ2) is 6.40. The van der Waals surface area contributed by atoms with Crippen LogP contribution in [0.15, 0.2) is 12.1 Å². The minimum absolute atomic E-state index is 0.233. The third-order valence-corrected chi connectivity index (χ3v) is 3.60. The number of ether oxygens (including phenoxy) is 1. The van der Waals surface area contributed by atoms with Crippen LogP contribution in [0.2, 0.25) is 0 Å². The Bertz CT molecular complexity index is 423. The topological polar surface area (TPSA) is 24.5 Å². The summed E-state index contributed by atoms with van der Waals surface area (Å²) in [5.41, 5.74) is 4.00. The molecule has 1 aliphatic rings. The molecule has 1 aliphatic heterocycles. The van der Waals surface area contributed by atoms with E-state index in [4.69, 9.17) is 4.74 Å². The lowest BCUT2D eigenvalue weighted by Crippen LogP contribution is -2.43. The second-order valence-electron chi connectivity index (χ2n) is 5.74. The number of hydrogen-bond acceptors (Lipinski definition) is 3. The van der Waals surface area contributed by atoms with Crippen molar-refractivity contribution in [2.75, 3.05) is 26.2 Å². The van der Waals surface area contributed by atoms with E-state index in [1.54, 1.807) is 0 Å². The number of benzene rings is 1. The maximum atomic E-state index is 5.85. The molecule has 0 saturated carbocycles. The Morgan fingerprint density at radius 3 is 2.47 bits per heavy atom. The van der Waals surface area contributed by atoms with Crippen LogP contribution in [0.1, 0.15) is 30.5 Å². The van der Waals surface area contributed by atoms with Gasteiger partial charge in [0.25, 0.3) is 0 Å². The summed E-state index contributed by atoms with van der Waals surface area (Å²) >= 11 is 0. The molecule has 0 bridgehead atoms. The van der Waals surface area contributed by atoms with Crippen molar-refractivity contribution in [3.8, 4) is 5.75 Å². The van der Waals surface area contributed by atoms with E-state index in [0.29, 0.717) is 0 Å². The molecule has 106 valence electrons. The highest BCUT2D eigenvalue weighted by atomic mass is 16.5. The molecule has 0 amide bonds. The molecular weight excluding hydrogens is 236 g/mol. The van der Waals surface area contributed by atoms with Gasteiger partial charge in [0, 0.05) is 32.7 Å². The average molecular weight is 262 g/mol. The maximum absolute atomic E-state index is 5.85. The Balaban J connectivity index is 2.10. The lowest BCUT2D eigenvalue weighted by molar-refractivity contribution is 0.231. The molecule has 1 fully saturated rings. The van der Waals surface area contributed by atoms with Crippen LogP contribution < -0.4 is 10.1 Å². The molecule has 3 heteroatoms. The van der Waals surface area contributed by atoms with E-state index in [-0.39, 0.29) is 6.10 Å². The Kier molecular flexibility index (Phi) is 4.83. The van der Waals surface area contributed by atoms with Crippen molar-refractivity contribution in [2.45, 2.75) is 40.3 Å². The van der Waals surface area contributed by atoms with Gasteiger partial charge in [-0.15, -0.1) is 0 Å². The first-order valence-electron chi connectivity index (χ1n) is 7.26. The molecule has 1 aromatic rings. The van der Waals surface area contributed by atoms with Crippen molar-refractivity contribution in [1.29, 1.82) is 0 Å². The van der Waals surface area contributed by atoms with Crippen molar-refractivity contribution in [3.05, 3.63) is 28.8 Å². The van der Waals surface area contributed by atoms with Gasteiger partial charge in [-0.2, -0.15) is 0 Å². The summed E-state index contributed by atoms with van der Waals surface area (Å²) < 4.78 is 5.85. The Hall–Kier alpha value is -1.06. The third-order valence-electron chi connectivity index (χ3n) is 3.60. The van der Waals surface area contributed by atoms with Crippen molar-refractivity contribution in [2.24, 2.45) is 0 Å². The molecular formula is C16H26N2O. The molecule has 2 rings (SSSR count). The number of nitrogens with one attached hydrogen (secondary N) is 1. The standard InChI is InChI=1S/C16H26N2O/c1-12(2)19-16-10-13(3)15(9-14(16)4)11-18-7-5-17-6-8-18/h9-10,12,17H,5-8,11H2,1-4H3. The SMILES string of the molecule is Cc1cc(OC(C)C)c(C)cc1CN1CCNCC1. The molecule has 0 aliphatic carbocycles. The summed E-state index contributed by atoms with van der Waals surface area (Å²) in [4.78, 5) is 2.52. The molecule has 1 aromatic carbocycles. The summed E-state index contributed by atoms with van der Waals surface area (Å²) in [5.74, 6) is 1.02. The third kappa shape index (κ3) is 3.95. The molecule has 0 radical (unpaired) electrons. The zero-order chi connectivity index (χ0) is 13.8. The predicted octanol–water partition coefficient (Wildman–Crippen LogP) is 2.50. The molecule has 19 heavy (non-hydrogen) atoms. The lowest BCUT2D eigenvalue weighted by atomic mass is 10.0. The van der Waals surface area contributed by atoms with Crippen LogP contribution in [0.5, 0.6) is 5.75 Å². The molecule has 1 saturated heterocycles. The summed E-state index contributed by atoms with van der Waals surface area (Å²) in [6.07, 6.45) is 0.233. The summed E-state index contributed by atoms with van der Waals surface area (Å²) in [6, 6.07) is 4.47. The molecule has 0 atom stereocenters. The first-order chi connectivity index (χ1) is 9.06. The van der Waals surface area contributed by atoms with Crippen LogP contribution in [0.4, 0.5) is 0 Å². The van der Waals surface area contributed by atoms with Gasteiger partial charge in [0.15, 0.2) is 0 Å². The van der Waals surface area contributed by atoms with Crippen molar-refractivity contribution < 1.29 is 4.74 Å². The monoisotopic (exact) mass is 262 g/mol. The number of piperazine rings is 1. The minimum atomic E-state index is 0.233. The maximum Gasteiger partial charge on any atom is 0.122 e. The first kappa shape index (κ1) is 14.4. The fourth-order valence-electron chi connectivity index (χ4n) is 2.51. The number of aryl methyl sites for hydroxylation is 2. The summed E-state index contributed by atoms with van der Waals surface area (Å²) in [7, 11) is 0. The number of rotatable bonds is 4. The van der Waals surface area contributed by atoms with Gasteiger partial charge in [0.1, 0.15) is 5.75 Å². The van der Waals surface area contributed by atoms with Crippen molar-refractivity contribution in [1.82, 2.24) is 10.2 Å². The Morgan fingerprint density at radius 2 is 1.84 bits per heavy atom. The van der Waals surface area contributed by atoms with E-state index in [1.165, 1.54) is 16.7 Å². The Morgan fingerprint density at radius 1 is 1.16 bits per heavy atom. The fourth-order valence-corrected chi connectivity index (χ4v) is 2.51. The molecule has 1 heterocycles. The van der Waals surface area contributed by atoms with Crippen molar-refractivity contribution in [3.63, 3.8) is 0 Å². The summed E-state index contributed by atoms with van der Waals surface area (Å²) in [6.45, 7) is 14.0. The number of hydrogen-bond donors (Lipinski definition) is 1. The molecule has 1 N–H and O–H groups in total. The fraction of sp³-hybridized carbons (Fsp3) is 0.625. The van der Waals surface area contributed by atoms with Gasteiger partial charge in [-0.1, -0.05) is 6.07 Å². The molecule has 0 spiro atoms. The van der Waals surface area contributed by atoms with Crippen LogP contribution in [0, 0.1) is 13.8 Å². The van der Waals surface area contributed by atoms with Gasteiger partial charge in [-0.25, -0.2) is 0 Å². The minimum Gasteiger partial charge on any atom is -0.491 e. The average Bonchev–Trinajstić information content (AvgIpc) is 2.36. The molecule has 0 aromatic heterocycles. The van der Waals surface area contributed by atoms with Gasteiger partial charge in [0.2, 0.25) is 0 Å². The molecule has 0 unspecified atom stereocenters.